The lowest BCUT2D eigenvalue weighted by molar-refractivity contribution is -0.119. The van der Waals surface area contributed by atoms with Crippen molar-refractivity contribution in [2.45, 2.75) is 46.3 Å². The van der Waals surface area contributed by atoms with Gasteiger partial charge >= 0.3 is 0 Å². The van der Waals surface area contributed by atoms with E-state index in [1.54, 1.807) is 0 Å². The summed E-state index contributed by atoms with van der Waals surface area (Å²) in [7, 11) is 0. The lowest BCUT2D eigenvalue weighted by Crippen LogP contribution is -2.29. The Labute approximate surface area is 150 Å². The van der Waals surface area contributed by atoms with E-state index >= 15 is 0 Å². The fourth-order valence-electron chi connectivity index (χ4n) is 2.56. The number of anilines is 1. The first kappa shape index (κ1) is 18.8. The molecular weight excluding hydrogens is 312 g/mol. The topological polar surface area (TPSA) is 50.4 Å². The number of amides is 1. The Morgan fingerprint density at radius 3 is 2.32 bits per heavy atom. The third-order valence-corrected chi connectivity index (χ3v) is 3.81. The monoisotopic (exact) mass is 340 g/mol. The van der Waals surface area contributed by atoms with Crippen LogP contribution in [0.3, 0.4) is 0 Å². The molecule has 0 saturated carbocycles. The van der Waals surface area contributed by atoms with E-state index in [4.69, 9.17) is 4.74 Å². The number of hydrogen-bond donors (Lipinski definition) is 2. The molecule has 0 aliphatic rings. The van der Waals surface area contributed by atoms with Crippen LogP contribution in [0.5, 0.6) is 5.75 Å². The Morgan fingerprint density at radius 1 is 1.00 bits per heavy atom. The lowest BCUT2D eigenvalue weighted by Gasteiger charge is -2.14. The summed E-state index contributed by atoms with van der Waals surface area (Å²) in [4.78, 5) is 12.1. The average Bonchev–Trinajstić information content (AvgIpc) is 2.59. The van der Waals surface area contributed by atoms with Crippen molar-refractivity contribution in [3.05, 3.63) is 59.7 Å². The molecule has 0 heterocycles. The van der Waals surface area contributed by atoms with Crippen LogP contribution in [0.2, 0.25) is 0 Å². The molecule has 2 rings (SSSR count). The molecule has 2 aromatic carbocycles. The Bertz CT molecular complexity index is 679. The molecule has 0 spiro atoms. The second-order valence-corrected chi connectivity index (χ2v) is 6.68. The zero-order chi connectivity index (χ0) is 18.2. The van der Waals surface area contributed by atoms with E-state index in [-0.39, 0.29) is 18.6 Å². The van der Waals surface area contributed by atoms with Crippen molar-refractivity contribution in [3.8, 4) is 5.75 Å². The molecule has 0 aliphatic carbocycles. The van der Waals surface area contributed by atoms with Gasteiger partial charge in [0.15, 0.2) is 0 Å². The van der Waals surface area contributed by atoms with Crippen LogP contribution >= 0.6 is 0 Å². The zero-order valence-electron chi connectivity index (χ0n) is 15.5. The van der Waals surface area contributed by atoms with Gasteiger partial charge in [-0.05, 0) is 49.1 Å². The molecule has 25 heavy (non-hydrogen) atoms. The number of benzene rings is 2. The minimum absolute atomic E-state index is 0.0268. The summed E-state index contributed by atoms with van der Waals surface area (Å²) >= 11 is 0. The smallest absolute Gasteiger partial charge is 0.239 e. The Morgan fingerprint density at radius 2 is 1.68 bits per heavy atom. The highest BCUT2D eigenvalue weighted by molar-refractivity contribution is 5.81. The first-order valence-corrected chi connectivity index (χ1v) is 8.80. The molecular formula is C21H28N2O2. The van der Waals surface area contributed by atoms with Crippen molar-refractivity contribution in [3.63, 3.8) is 0 Å². The molecule has 0 radical (unpaired) electrons. The van der Waals surface area contributed by atoms with Crippen LogP contribution in [0.25, 0.3) is 0 Å². The minimum Gasteiger partial charge on any atom is -0.491 e. The van der Waals surface area contributed by atoms with Crippen LogP contribution in [0.15, 0.2) is 48.5 Å². The van der Waals surface area contributed by atoms with Crippen molar-refractivity contribution in [1.82, 2.24) is 5.32 Å². The van der Waals surface area contributed by atoms with Gasteiger partial charge < -0.3 is 15.4 Å². The predicted octanol–water partition coefficient (Wildman–Crippen LogP) is 4.33. The summed E-state index contributed by atoms with van der Waals surface area (Å²) in [6, 6.07) is 15.9. The largest absolute Gasteiger partial charge is 0.491 e. The number of carbonyl (C=O) groups is 1. The molecule has 1 amide bonds. The number of hydrogen-bond acceptors (Lipinski definition) is 3. The van der Waals surface area contributed by atoms with E-state index in [9.17, 15) is 4.79 Å². The van der Waals surface area contributed by atoms with Crippen molar-refractivity contribution >= 4 is 11.6 Å². The van der Waals surface area contributed by atoms with Gasteiger partial charge in [-0.1, -0.05) is 44.2 Å². The van der Waals surface area contributed by atoms with Gasteiger partial charge in [-0.3, -0.25) is 4.79 Å². The average molecular weight is 340 g/mol. The van der Waals surface area contributed by atoms with Crippen molar-refractivity contribution in [2.24, 2.45) is 0 Å². The normalized spacial score (nSPS) is 10.8. The SMILES string of the molecule is CC(C)Oc1ccc(CNC(=O)CNc2ccccc2C(C)C)cc1. The molecule has 2 N–H and O–H groups in total. The summed E-state index contributed by atoms with van der Waals surface area (Å²) in [5.41, 5.74) is 3.28. The van der Waals surface area contributed by atoms with E-state index in [0.29, 0.717) is 12.5 Å². The molecule has 0 unspecified atom stereocenters. The number of nitrogens with one attached hydrogen (secondary N) is 2. The van der Waals surface area contributed by atoms with E-state index in [0.717, 1.165) is 17.0 Å². The maximum Gasteiger partial charge on any atom is 0.239 e. The second kappa shape index (κ2) is 9.11. The molecule has 0 aliphatic heterocycles. The van der Waals surface area contributed by atoms with E-state index < -0.39 is 0 Å². The fraction of sp³-hybridized carbons (Fsp3) is 0.381. The quantitative estimate of drug-likeness (QED) is 0.752. The number of para-hydroxylation sites is 1. The van der Waals surface area contributed by atoms with Crippen LogP contribution in [0, 0.1) is 0 Å². The standard InChI is InChI=1S/C21H28N2O2/c1-15(2)19-7-5-6-8-20(19)22-14-21(24)23-13-17-9-11-18(12-10-17)25-16(3)4/h5-12,15-16,22H,13-14H2,1-4H3,(H,23,24). The Kier molecular flexibility index (Phi) is 6.87. The fourth-order valence-corrected chi connectivity index (χ4v) is 2.56. The van der Waals surface area contributed by atoms with Gasteiger partial charge in [-0.25, -0.2) is 0 Å². The lowest BCUT2D eigenvalue weighted by atomic mass is 10.0. The minimum atomic E-state index is -0.0268. The Balaban J connectivity index is 1.81. The van der Waals surface area contributed by atoms with Gasteiger partial charge in [0.05, 0.1) is 12.6 Å². The molecule has 0 atom stereocenters. The third kappa shape index (κ3) is 6.14. The highest BCUT2D eigenvalue weighted by Gasteiger charge is 2.07. The van der Waals surface area contributed by atoms with E-state index in [1.807, 2.05) is 56.3 Å². The Hall–Kier alpha value is -2.49. The summed E-state index contributed by atoms with van der Waals surface area (Å²) in [6.45, 7) is 9.06. The highest BCUT2D eigenvalue weighted by Crippen LogP contribution is 2.23. The summed E-state index contributed by atoms with van der Waals surface area (Å²) in [5.74, 6) is 1.23. The van der Waals surface area contributed by atoms with Crippen LogP contribution < -0.4 is 15.4 Å². The predicted molar refractivity (Wildman–Crippen MR) is 103 cm³/mol. The molecule has 4 heteroatoms. The van der Waals surface area contributed by atoms with Gasteiger partial charge in [-0.15, -0.1) is 0 Å². The number of carbonyl (C=O) groups excluding carboxylic acids is 1. The van der Waals surface area contributed by atoms with E-state index in [2.05, 4.69) is 30.5 Å². The summed E-state index contributed by atoms with van der Waals surface area (Å²) in [5, 5.41) is 6.17. The zero-order valence-corrected chi connectivity index (χ0v) is 15.5. The van der Waals surface area contributed by atoms with Crippen LogP contribution in [0.1, 0.15) is 44.7 Å². The van der Waals surface area contributed by atoms with Crippen molar-refractivity contribution < 1.29 is 9.53 Å². The van der Waals surface area contributed by atoms with Crippen molar-refractivity contribution in [1.29, 1.82) is 0 Å². The molecule has 0 fully saturated rings. The van der Waals surface area contributed by atoms with Crippen LogP contribution in [0.4, 0.5) is 5.69 Å². The number of rotatable bonds is 8. The highest BCUT2D eigenvalue weighted by atomic mass is 16.5. The van der Waals surface area contributed by atoms with Gasteiger partial charge in [0.25, 0.3) is 0 Å². The molecule has 4 nitrogen and oxygen atoms in total. The van der Waals surface area contributed by atoms with Crippen LogP contribution in [-0.2, 0) is 11.3 Å². The van der Waals surface area contributed by atoms with Gasteiger partial charge in [0.2, 0.25) is 5.91 Å². The van der Waals surface area contributed by atoms with Gasteiger partial charge in [0.1, 0.15) is 5.75 Å². The first-order valence-electron chi connectivity index (χ1n) is 8.80. The molecule has 0 aromatic heterocycles. The maximum atomic E-state index is 12.1. The van der Waals surface area contributed by atoms with Crippen molar-refractivity contribution in [2.75, 3.05) is 11.9 Å². The summed E-state index contributed by atoms with van der Waals surface area (Å²) < 4.78 is 5.62. The second-order valence-electron chi connectivity index (χ2n) is 6.68. The molecule has 2 aromatic rings. The molecule has 134 valence electrons. The maximum absolute atomic E-state index is 12.1. The number of ether oxygens (including phenoxy) is 1. The van der Waals surface area contributed by atoms with Gasteiger partial charge in [-0.2, -0.15) is 0 Å². The first-order chi connectivity index (χ1) is 12.0. The molecule has 0 bridgehead atoms. The summed E-state index contributed by atoms with van der Waals surface area (Å²) in [6.07, 6.45) is 0.158. The molecule has 0 saturated heterocycles. The van der Waals surface area contributed by atoms with Crippen LogP contribution in [-0.4, -0.2) is 18.6 Å². The van der Waals surface area contributed by atoms with Gasteiger partial charge in [0, 0.05) is 12.2 Å². The van der Waals surface area contributed by atoms with E-state index in [1.165, 1.54) is 5.56 Å². The third-order valence-electron chi connectivity index (χ3n) is 3.81.